The molecule has 1 N–H and O–H groups in total. The zero-order chi connectivity index (χ0) is 12.4. The van der Waals surface area contributed by atoms with E-state index in [0.29, 0.717) is 11.7 Å². The van der Waals surface area contributed by atoms with Crippen LogP contribution in [0.25, 0.3) is 11.3 Å². The van der Waals surface area contributed by atoms with Crippen molar-refractivity contribution in [3.05, 3.63) is 39.7 Å². The molecule has 0 amide bonds. The fourth-order valence-electron chi connectivity index (χ4n) is 1.75. The zero-order valence-corrected chi connectivity index (χ0v) is 12.0. The van der Waals surface area contributed by atoms with Gasteiger partial charge in [0.2, 0.25) is 0 Å². The number of nitrogens with one attached hydrogen (secondary N) is 1. The summed E-state index contributed by atoms with van der Waals surface area (Å²) in [6, 6.07) is 8.04. The number of hydrogen-bond acceptors (Lipinski definition) is 2. The van der Waals surface area contributed by atoms with Crippen molar-refractivity contribution >= 4 is 27.5 Å². The molecule has 0 saturated heterocycles. The van der Waals surface area contributed by atoms with Crippen LogP contribution in [0.2, 0.25) is 5.15 Å². The van der Waals surface area contributed by atoms with Crippen molar-refractivity contribution in [1.29, 1.82) is 0 Å². The van der Waals surface area contributed by atoms with Crippen molar-refractivity contribution in [2.75, 3.05) is 7.05 Å². The summed E-state index contributed by atoms with van der Waals surface area (Å²) in [7, 11) is 3.87. The molecule has 0 fully saturated rings. The highest BCUT2D eigenvalue weighted by molar-refractivity contribution is 9.10. The van der Waals surface area contributed by atoms with Crippen LogP contribution in [0.4, 0.5) is 0 Å². The molecule has 0 unspecified atom stereocenters. The second-order valence-corrected chi connectivity index (χ2v) is 5.04. The summed E-state index contributed by atoms with van der Waals surface area (Å²) >= 11 is 9.61. The minimum absolute atomic E-state index is 0.542. The molecule has 1 aromatic carbocycles. The lowest BCUT2D eigenvalue weighted by Gasteiger charge is -2.06. The molecule has 2 rings (SSSR count). The van der Waals surface area contributed by atoms with E-state index in [1.807, 2.05) is 42.9 Å². The SMILES string of the molecule is CNCc1nc(Cl)c(-c2ccc(Br)cc2)n1C. The topological polar surface area (TPSA) is 29.9 Å². The van der Waals surface area contributed by atoms with Gasteiger partial charge in [0, 0.05) is 17.1 Å². The van der Waals surface area contributed by atoms with Gasteiger partial charge in [-0.25, -0.2) is 4.98 Å². The lowest BCUT2D eigenvalue weighted by Crippen LogP contribution is -2.10. The molecule has 0 aliphatic heterocycles. The first-order chi connectivity index (χ1) is 8.13. The summed E-state index contributed by atoms with van der Waals surface area (Å²) in [5.41, 5.74) is 2.01. The molecule has 0 radical (unpaired) electrons. The number of aromatic nitrogens is 2. The van der Waals surface area contributed by atoms with Crippen LogP contribution in [0.15, 0.2) is 28.7 Å². The van der Waals surface area contributed by atoms with Gasteiger partial charge in [0.05, 0.1) is 12.2 Å². The van der Waals surface area contributed by atoms with Gasteiger partial charge in [-0.05, 0) is 19.2 Å². The van der Waals surface area contributed by atoms with Crippen molar-refractivity contribution in [1.82, 2.24) is 14.9 Å². The van der Waals surface area contributed by atoms with E-state index in [2.05, 4.69) is 26.2 Å². The van der Waals surface area contributed by atoms with Gasteiger partial charge in [0.1, 0.15) is 5.82 Å². The molecule has 0 spiro atoms. The maximum absolute atomic E-state index is 6.19. The van der Waals surface area contributed by atoms with Crippen molar-refractivity contribution in [2.45, 2.75) is 6.54 Å². The summed E-state index contributed by atoms with van der Waals surface area (Å²) in [6.07, 6.45) is 0. The molecule has 90 valence electrons. The Morgan fingerprint density at radius 1 is 1.35 bits per heavy atom. The fraction of sp³-hybridized carbons (Fsp3) is 0.250. The largest absolute Gasteiger partial charge is 0.329 e. The maximum Gasteiger partial charge on any atom is 0.155 e. The Bertz CT molecular complexity index is 519. The Balaban J connectivity index is 2.48. The van der Waals surface area contributed by atoms with Gasteiger partial charge in [-0.3, -0.25) is 0 Å². The molecular formula is C12H13BrClN3. The van der Waals surface area contributed by atoms with E-state index in [-0.39, 0.29) is 0 Å². The van der Waals surface area contributed by atoms with Crippen LogP contribution in [0.5, 0.6) is 0 Å². The molecule has 3 nitrogen and oxygen atoms in total. The number of hydrogen-bond donors (Lipinski definition) is 1. The Morgan fingerprint density at radius 3 is 2.59 bits per heavy atom. The zero-order valence-electron chi connectivity index (χ0n) is 9.67. The normalized spacial score (nSPS) is 10.8. The van der Waals surface area contributed by atoms with E-state index >= 15 is 0 Å². The lowest BCUT2D eigenvalue weighted by atomic mass is 10.2. The Kier molecular flexibility index (Phi) is 3.86. The summed E-state index contributed by atoms with van der Waals surface area (Å²) in [4.78, 5) is 4.35. The summed E-state index contributed by atoms with van der Waals surface area (Å²) in [5, 5.41) is 3.62. The van der Waals surface area contributed by atoms with Gasteiger partial charge >= 0.3 is 0 Å². The number of halogens is 2. The fourth-order valence-corrected chi connectivity index (χ4v) is 2.34. The van der Waals surface area contributed by atoms with E-state index in [1.165, 1.54) is 0 Å². The van der Waals surface area contributed by atoms with Crippen LogP contribution < -0.4 is 5.32 Å². The molecule has 1 aromatic heterocycles. The first-order valence-electron chi connectivity index (χ1n) is 5.25. The predicted octanol–water partition coefficient (Wildman–Crippen LogP) is 3.22. The Morgan fingerprint density at radius 2 is 2.00 bits per heavy atom. The number of nitrogens with zero attached hydrogens (tertiary/aromatic N) is 2. The molecular weight excluding hydrogens is 302 g/mol. The third-order valence-electron chi connectivity index (χ3n) is 2.60. The maximum atomic E-state index is 6.19. The second-order valence-electron chi connectivity index (χ2n) is 3.76. The van der Waals surface area contributed by atoms with Gasteiger partial charge in [-0.2, -0.15) is 0 Å². The average molecular weight is 315 g/mol. The van der Waals surface area contributed by atoms with Crippen LogP contribution in [-0.4, -0.2) is 16.6 Å². The first-order valence-corrected chi connectivity index (χ1v) is 6.42. The van der Waals surface area contributed by atoms with E-state index < -0.39 is 0 Å². The number of imidazole rings is 1. The monoisotopic (exact) mass is 313 g/mol. The lowest BCUT2D eigenvalue weighted by molar-refractivity contribution is 0.712. The van der Waals surface area contributed by atoms with Gasteiger partial charge in [-0.15, -0.1) is 0 Å². The van der Waals surface area contributed by atoms with E-state index in [0.717, 1.165) is 21.6 Å². The van der Waals surface area contributed by atoms with Crippen LogP contribution in [-0.2, 0) is 13.6 Å². The molecule has 0 bridgehead atoms. The minimum atomic E-state index is 0.542. The van der Waals surface area contributed by atoms with Crippen LogP contribution >= 0.6 is 27.5 Å². The number of benzene rings is 1. The molecule has 0 atom stereocenters. The third kappa shape index (κ3) is 2.54. The highest BCUT2D eigenvalue weighted by Crippen LogP contribution is 2.29. The molecule has 1 heterocycles. The molecule has 0 saturated carbocycles. The standard InChI is InChI=1S/C12H13BrClN3/c1-15-7-10-16-12(14)11(17(10)2)8-3-5-9(13)6-4-8/h3-6,15H,7H2,1-2H3. The van der Waals surface area contributed by atoms with Crippen molar-refractivity contribution in [2.24, 2.45) is 7.05 Å². The van der Waals surface area contributed by atoms with Gasteiger partial charge < -0.3 is 9.88 Å². The highest BCUT2D eigenvalue weighted by atomic mass is 79.9. The van der Waals surface area contributed by atoms with Gasteiger partial charge in [0.25, 0.3) is 0 Å². The smallest absolute Gasteiger partial charge is 0.155 e. The predicted molar refractivity (Wildman–Crippen MR) is 74.1 cm³/mol. The Hall–Kier alpha value is -0.840. The molecule has 0 aliphatic carbocycles. The molecule has 5 heteroatoms. The van der Waals surface area contributed by atoms with Crippen molar-refractivity contribution in [3.8, 4) is 11.3 Å². The van der Waals surface area contributed by atoms with Crippen molar-refractivity contribution < 1.29 is 0 Å². The molecule has 17 heavy (non-hydrogen) atoms. The van der Waals surface area contributed by atoms with Crippen LogP contribution in [0.3, 0.4) is 0 Å². The summed E-state index contributed by atoms with van der Waals surface area (Å²) in [5.74, 6) is 0.926. The molecule has 0 aliphatic rings. The van der Waals surface area contributed by atoms with E-state index in [1.54, 1.807) is 0 Å². The van der Waals surface area contributed by atoms with Crippen LogP contribution in [0.1, 0.15) is 5.82 Å². The van der Waals surface area contributed by atoms with Gasteiger partial charge in [0.15, 0.2) is 5.15 Å². The number of rotatable bonds is 3. The first kappa shape index (κ1) is 12.6. The third-order valence-corrected chi connectivity index (χ3v) is 3.39. The molecule has 2 aromatic rings. The quantitative estimate of drug-likeness (QED) is 0.942. The highest BCUT2D eigenvalue weighted by Gasteiger charge is 2.13. The van der Waals surface area contributed by atoms with E-state index in [9.17, 15) is 0 Å². The van der Waals surface area contributed by atoms with Crippen molar-refractivity contribution in [3.63, 3.8) is 0 Å². The summed E-state index contributed by atoms with van der Waals surface area (Å²) < 4.78 is 3.07. The second kappa shape index (κ2) is 5.21. The van der Waals surface area contributed by atoms with E-state index in [4.69, 9.17) is 11.6 Å². The van der Waals surface area contributed by atoms with Gasteiger partial charge in [-0.1, -0.05) is 39.7 Å². The van der Waals surface area contributed by atoms with Crippen LogP contribution in [0, 0.1) is 0 Å². The summed E-state index contributed by atoms with van der Waals surface area (Å²) in [6.45, 7) is 0.701. The minimum Gasteiger partial charge on any atom is -0.329 e. The Labute approximate surface area is 114 Å². The average Bonchev–Trinajstić information content (AvgIpc) is 2.57.